The van der Waals surface area contributed by atoms with E-state index in [1.807, 2.05) is 6.92 Å². The molecule has 3 aromatic rings. The van der Waals surface area contributed by atoms with Gasteiger partial charge in [0.25, 0.3) is 5.56 Å². The van der Waals surface area contributed by atoms with E-state index in [-0.39, 0.29) is 11.1 Å². The quantitative estimate of drug-likeness (QED) is 0.309. The third-order valence-corrected chi connectivity index (χ3v) is 6.64. The maximum atomic E-state index is 13.6. The minimum absolute atomic E-state index is 0.273. The van der Waals surface area contributed by atoms with E-state index < -0.39 is 12.0 Å². The second kappa shape index (κ2) is 10.5. The number of esters is 1. The van der Waals surface area contributed by atoms with E-state index in [0.29, 0.717) is 55.7 Å². The number of hydrogen-bond donors (Lipinski definition) is 0. The maximum absolute atomic E-state index is 13.6. The average molecular weight is 559 g/mol. The predicted octanol–water partition coefficient (Wildman–Crippen LogP) is 3.73. The number of nitrogens with zero attached hydrogens (tertiary/aromatic N) is 2. The molecule has 1 aliphatic rings. The standard InChI is InChI=1S/C25H23BrN2O6S/c1-5-11-33-17-9-7-15(12-18(17)32-6-2)22-21(24(30)31-4)14(3)27-25-28(22)23(29)19(35-25)13-16-8-10-20(26)34-16/h5,7-10,12-13,22H,1,6,11H2,2-4H3/b19-13-. The highest BCUT2D eigenvalue weighted by Crippen LogP contribution is 2.36. The Balaban J connectivity index is 1.94. The van der Waals surface area contributed by atoms with Crippen LogP contribution in [0.2, 0.25) is 0 Å². The maximum Gasteiger partial charge on any atom is 0.338 e. The lowest BCUT2D eigenvalue weighted by Crippen LogP contribution is -2.39. The van der Waals surface area contributed by atoms with Gasteiger partial charge in [-0.05, 0) is 59.6 Å². The average Bonchev–Trinajstić information content (AvgIpc) is 3.39. The van der Waals surface area contributed by atoms with Gasteiger partial charge in [-0.3, -0.25) is 9.36 Å². The molecule has 1 atom stereocenters. The van der Waals surface area contributed by atoms with Crippen LogP contribution in [0.3, 0.4) is 0 Å². The first-order chi connectivity index (χ1) is 16.9. The third kappa shape index (κ3) is 4.89. The summed E-state index contributed by atoms with van der Waals surface area (Å²) >= 11 is 4.49. The molecule has 0 amide bonds. The monoisotopic (exact) mass is 558 g/mol. The van der Waals surface area contributed by atoms with Crippen molar-refractivity contribution >= 4 is 39.3 Å². The molecule has 0 bridgehead atoms. The second-order valence-corrected chi connectivity index (χ2v) is 9.24. The summed E-state index contributed by atoms with van der Waals surface area (Å²) in [4.78, 5) is 31.4. The van der Waals surface area contributed by atoms with E-state index in [9.17, 15) is 9.59 Å². The van der Waals surface area contributed by atoms with E-state index in [0.717, 1.165) is 0 Å². The van der Waals surface area contributed by atoms with Crippen LogP contribution in [0.25, 0.3) is 6.08 Å². The highest BCUT2D eigenvalue weighted by atomic mass is 79.9. The first kappa shape index (κ1) is 24.7. The summed E-state index contributed by atoms with van der Waals surface area (Å²) in [6, 6.07) is 8.06. The molecule has 8 nitrogen and oxygen atoms in total. The van der Waals surface area contributed by atoms with Crippen LogP contribution < -0.4 is 24.4 Å². The van der Waals surface area contributed by atoms with Crippen LogP contribution in [0.5, 0.6) is 11.5 Å². The lowest BCUT2D eigenvalue weighted by atomic mass is 9.95. The molecule has 3 heterocycles. The Kier molecular flexibility index (Phi) is 7.42. The normalized spacial score (nSPS) is 15.4. The van der Waals surface area contributed by atoms with Gasteiger partial charge in [0, 0.05) is 6.08 Å². The molecule has 2 aromatic heterocycles. The fourth-order valence-corrected chi connectivity index (χ4v) is 5.12. The summed E-state index contributed by atoms with van der Waals surface area (Å²) in [7, 11) is 1.30. The second-order valence-electron chi connectivity index (χ2n) is 7.45. The van der Waals surface area contributed by atoms with Gasteiger partial charge in [-0.15, -0.1) is 0 Å². The Morgan fingerprint density at radius 3 is 2.74 bits per heavy atom. The van der Waals surface area contributed by atoms with Crippen LogP contribution in [0.15, 0.2) is 73.1 Å². The first-order valence-electron chi connectivity index (χ1n) is 10.7. The van der Waals surface area contributed by atoms with Gasteiger partial charge in [0.1, 0.15) is 12.4 Å². The van der Waals surface area contributed by atoms with E-state index in [1.54, 1.807) is 49.4 Å². The van der Waals surface area contributed by atoms with Gasteiger partial charge in [-0.25, -0.2) is 9.79 Å². The predicted molar refractivity (Wildman–Crippen MR) is 135 cm³/mol. The van der Waals surface area contributed by atoms with Gasteiger partial charge >= 0.3 is 5.97 Å². The Bertz CT molecular complexity index is 1500. The molecular formula is C25H23BrN2O6S. The van der Waals surface area contributed by atoms with Gasteiger partial charge in [0.2, 0.25) is 0 Å². The van der Waals surface area contributed by atoms with Gasteiger partial charge in [-0.1, -0.05) is 30.1 Å². The van der Waals surface area contributed by atoms with Gasteiger partial charge in [-0.2, -0.15) is 0 Å². The lowest BCUT2D eigenvalue weighted by Gasteiger charge is -2.25. The molecule has 0 aliphatic carbocycles. The zero-order chi connectivity index (χ0) is 25.1. The highest BCUT2D eigenvalue weighted by molar-refractivity contribution is 9.10. The topological polar surface area (TPSA) is 92.3 Å². The summed E-state index contributed by atoms with van der Waals surface area (Å²) in [6.45, 7) is 7.99. The van der Waals surface area contributed by atoms with Crippen molar-refractivity contribution < 1.29 is 23.4 Å². The molecular weight excluding hydrogens is 536 g/mol. The Morgan fingerprint density at radius 2 is 2.09 bits per heavy atom. The third-order valence-electron chi connectivity index (χ3n) is 5.23. The highest BCUT2D eigenvalue weighted by Gasteiger charge is 2.33. The summed E-state index contributed by atoms with van der Waals surface area (Å²) in [6.07, 6.45) is 3.29. The molecule has 4 rings (SSSR count). The molecule has 182 valence electrons. The van der Waals surface area contributed by atoms with Crippen LogP contribution in [0.4, 0.5) is 0 Å². The molecule has 1 aliphatic heterocycles. The summed E-state index contributed by atoms with van der Waals surface area (Å²) in [5.74, 6) is 0.982. The number of benzene rings is 1. The number of aromatic nitrogens is 1. The van der Waals surface area contributed by atoms with E-state index >= 15 is 0 Å². The number of rotatable bonds is 8. The zero-order valence-electron chi connectivity index (χ0n) is 19.4. The Hall–Kier alpha value is -3.37. The number of furan rings is 1. The smallest absolute Gasteiger partial charge is 0.338 e. The van der Waals surface area contributed by atoms with Gasteiger partial charge in [0.15, 0.2) is 21.0 Å². The Labute approximate surface area is 213 Å². The zero-order valence-corrected chi connectivity index (χ0v) is 21.8. The molecule has 0 saturated carbocycles. The number of halogens is 1. The van der Waals surface area contributed by atoms with Crippen molar-refractivity contribution in [1.29, 1.82) is 0 Å². The molecule has 1 aromatic carbocycles. The largest absolute Gasteiger partial charge is 0.490 e. The van der Waals surface area contributed by atoms with Crippen LogP contribution in [-0.4, -0.2) is 30.9 Å². The van der Waals surface area contributed by atoms with Crippen LogP contribution in [0, 0.1) is 0 Å². The van der Waals surface area contributed by atoms with Crippen molar-refractivity contribution in [3.05, 3.63) is 89.9 Å². The number of fused-ring (bicyclic) bond motifs is 1. The Morgan fingerprint density at radius 1 is 1.29 bits per heavy atom. The van der Waals surface area contributed by atoms with Gasteiger partial charge in [0.05, 0.1) is 35.6 Å². The van der Waals surface area contributed by atoms with E-state index in [1.165, 1.54) is 23.0 Å². The van der Waals surface area contributed by atoms with Crippen molar-refractivity contribution in [1.82, 2.24) is 4.57 Å². The summed E-state index contributed by atoms with van der Waals surface area (Å²) in [5, 5.41) is 0. The minimum atomic E-state index is -0.767. The van der Waals surface area contributed by atoms with Crippen LogP contribution >= 0.6 is 27.3 Å². The lowest BCUT2D eigenvalue weighted by molar-refractivity contribution is -0.136. The fraction of sp³-hybridized carbons (Fsp3) is 0.240. The SMILES string of the molecule is C=CCOc1ccc(C2C(C(=O)OC)=C(C)N=c3s/c(=C\c4ccc(Br)o4)c(=O)n32)cc1OCC. The first-order valence-corrected chi connectivity index (χ1v) is 12.4. The fourth-order valence-electron chi connectivity index (χ4n) is 3.77. The van der Waals surface area contributed by atoms with Gasteiger partial charge < -0.3 is 18.6 Å². The number of methoxy groups -OCH3 is 1. The van der Waals surface area contributed by atoms with Crippen molar-refractivity contribution in [3.63, 3.8) is 0 Å². The van der Waals surface area contributed by atoms with Crippen LogP contribution in [-0.2, 0) is 9.53 Å². The minimum Gasteiger partial charge on any atom is -0.490 e. The molecule has 35 heavy (non-hydrogen) atoms. The molecule has 1 unspecified atom stereocenters. The van der Waals surface area contributed by atoms with Crippen molar-refractivity contribution in [2.45, 2.75) is 19.9 Å². The van der Waals surface area contributed by atoms with E-state index in [4.69, 9.17) is 18.6 Å². The summed E-state index contributed by atoms with van der Waals surface area (Å²) < 4.78 is 24.6. The molecule has 0 radical (unpaired) electrons. The van der Waals surface area contributed by atoms with E-state index in [2.05, 4.69) is 27.5 Å². The summed E-state index contributed by atoms with van der Waals surface area (Å²) in [5.41, 5.74) is 1.10. The number of ether oxygens (including phenoxy) is 3. The number of allylic oxidation sites excluding steroid dienone is 1. The molecule has 0 N–H and O–H groups in total. The number of hydrogen-bond acceptors (Lipinski definition) is 8. The molecule has 0 saturated heterocycles. The number of thiazole rings is 1. The van der Waals surface area contributed by atoms with Crippen molar-refractivity contribution in [3.8, 4) is 11.5 Å². The van der Waals surface area contributed by atoms with Crippen molar-refractivity contribution in [2.75, 3.05) is 20.3 Å². The molecule has 0 fully saturated rings. The van der Waals surface area contributed by atoms with Crippen molar-refractivity contribution in [2.24, 2.45) is 4.99 Å². The van der Waals surface area contributed by atoms with Crippen LogP contribution in [0.1, 0.15) is 31.2 Å². The molecule has 0 spiro atoms. The molecule has 10 heteroatoms. The number of carbonyl (C=O) groups excluding carboxylic acids is 1. The number of carbonyl (C=O) groups is 1.